The molecule has 104 heavy (non-hydrogen) atoms. The first kappa shape index (κ1) is 73.7. The quantitative estimate of drug-likeness (QED) is 0.0532. The number of carboxylic acid groups (broad SMARTS) is 1. The molecule has 9 heterocycles. The van der Waals surface area contributed by atoms with E-state index >= 15 is 0 Å². The zero-order valence-electron chi connectivity index (χ0n) is 53.3. The molecule has 32 heteroatoms. The molecule has 0 aliphatic heterocycles. The lowest BCUT2D eigenvalue weighted by atomic mass is 10.1. The fourth-order valence-electron chi connectivity index (χ4n) is 11.0. The molecule has 0 spiro atoms. The molecule has 15 aromatic rings. The van der Waals surface area contributed by atoms with Crippen molar-refractivity contribution in [2.75, 3.05) is 0 Å². The van der Waals surface area contributed by atoms with E-state index in [1.807, 2.05) is 78.9 Å². The van der Waals surface area contributed by atoms with E-state index in [0.29, 0.717) is 82.7 Å². The second-order valence-corrected chi connectivity index (χ2v) is 25.4. The van der Waals surface area contributed by atoms with Crippen LogP contribution in [0.4, 0.5) is 13.2 Å². The van der Waals surface area contributed by atoms with Crippen molar-refractivity contribution in [2.24, 2.45) is 5.73 Å². The van der Waals surface area contributed by atoms with Crippen LogP contribution in [0.15, 0.2) is 165 Å². The number of aromatic nitrogens is 12. The Morgan fingerprint density at radius 3 is 1.11 bits per heavy atom. The highest BCUT2D eigenvalue weighted by Gasteiger charge is 2.21. The molecular weight excluding hydrogens is 1490 g/mol. The van der Waals surface area contributed by atoms with Gasteiger partial charge in [-0.1, -0.05) is 87.8 Å². The number of hydrogen-bond acceptors (Lipinski definition) is 13. The maximum Gasteiger partial charge on any atom is 0.340 e. The number of nitrogens with two attached hydrogens (primary N) is 1. The Labute approximate surface area is 622 Å². The number of nitriles is 3. The van der Waals surface area contributed by atoms with Crippen molar-refractivity contribution in [3.63, 3.8) is 0 Å². The van der Waals surface area contributed by atoms with E-state index in [4.69, 9.17) is 85.7 Å². The van der Waals surface area contributed by atoms with Crippen molar-refractivity contribution < 1.29 is 32.7 Å². The standard InChI is InChI=1S/2C24H15Cl2FN6O.C15H9ClN4O2.C9H8ClFN2.ClH/c2*25-16-4-14-3-13(1-2-21(14)29-9-16)11-33-12-18(23(7-28)32-33)24(34)31-8-15-5-17-19(26)10-30-22(17)6-20(15)27;16-11-4-10-3-9(1-2-13(10)18-6-11)7-20-8-12(15(21)22)14(5-17)19-20;10-7-4-13-9-2-8(11)5(3-12)1-6(7)9;/h2*1-6,9-10,12,30H,8,11H2,(H,31,34);1-4,6,8H,7H2,(H,21,22);1-2,4,13H,3,12H2;1H. The van der Waals surface area contributed by atoms with Gasteiger partial charge in [-0.15, -0.1) is 12.4 Å². The first-order valence-electron chi connectivity index (χ1n) is 30.5. The van der Waals surface area contributed by atoms with Crippen molar-refractivity contribution in [1.29, 1.82) is 15.8 Å². The van der Waals surface area contributed by atoms with Crippen molar-refractivity contribution in [3.8, 4) is 18.2 Å². The van der Waals surface area contributed by atoms with Gasteiger partial charge in [0.1, 0.15) is 41.2 Å². The van der Waals surface area contributed by atoms with Crippen LogP contribution >= 0.6 is 82.0 Å². The van der Waals surface area contributed by atoms with Crippen molar-refractivity contribution in [1.82, 2.24) is 69.9 Å². The van der Waals surface area contributed by atoms with Gasteiger partial charge < -0.3 is 36.4 Å². The highest BCUT2D eigenvalue weighted by Crippen LogP contribution is 2.30. The maximum atomic E-state index is 14.4. The zero-order valence-corrected chi connectivity index (χ0v) is 58.6. The average molecular weight is 1530 g/mol. The lowest BCUT2D eigenvalue weighted by molar-refractivity contribution is 0.0695. The summed E-state index contributed by atoms with van der Waals surface area (Å²) < 4.78 is 46.5. The second-order valence-electron chi connectivity index (χ2n) is 22.9. The number of carboxylic acids is 1. The van der Waals surface area contributed by atoms with E-state index in [2.05, 4.69) is 55.8 Å². The molecule has 520 valence electrons. The Morgan fingerprint density at radius 1 is 0.471 bits per heavy atom. The van der Waals surface area contributed by atoms with Gasteiger partial charge in [0.05, 0.1) is 77.4 Å². The number of amides is 2. The third kappa shape index (κ3) is 16.8. The van der Waals surface area contributed by atoms with Gasteiger partial charge in [0.25, 0.3) is 11.8 Å². The van der Waals surface area contributed by atoms with Crippen LogP contribution in [-0.4, -0.2) is 82.1 Å². The number of aromatic carboxylic acids is 1. The molecule has 0 bridgehead atoms. The number of fused-ring (bicyclic) bond motifs is 6. The number of nitrogens with one attached hydrogen (secondary N) is 5. The summed E-state index contributed by atoms with van der Waals surface area (Å²) in [7, 11) is 0. The summed E-state index contributed by atoms with van der Waals surface area (Å²) in [5.41, 5.74) is 13.3. The highest BCUT2D eigenvalue weighted by molar-refractivity contribution is 6.36. The topological polar surface area (TPSA) is 332 Å². The van der Waals surface area contributed by atoms with Gasteiger partial charge in [0.15, 0.2) is 17.1 Å². The largest absolute Gasteiger partial charge is 0.478 e. The first-order chi connectivity index (χ1) is 49.6. The number of benzene rings is 6. The third-order valence-electron chi connectivity index (χ3n) is 16.0. The van der Waals surface area contributed by atoms with Gasteiger partial charge in [-0.25, -0.2) is 18.0 Å². The number of nitrogens with zero attached hydrogens (tertiary/aromatic N) is 12. The van der Waals surface area contributed by atoms with Crippen LogP contribution in [0.2, 0.25) is 30.1 Å². The van der Waals surface area contributed by atoms with Gasteiger partial charge in [0, 0.05) is 141 Å². The van der Waals surface area contributed by atoms with Crippen molar-refractivity contribution >= 4 is 165 Å². The van der Waals surface area contributed by atoms with Gasteiger partial charge in [-0.3, -0.25) is 38.6 Å². The fourth-order valence-corrected chi connectivity index (χ4v) is 12.1. The molecule has 0 aliphatic carbocycles. The summed E-state index contributed by atoms with van der Waals surface area (Å²) in [5.74, 6) is -3.48. The molecule has 15 rings (SSSR count). The highest BCUT2D eigenvalue weighted by atomic mass is 35.5. The number of hydrogen-bond donors (Lipinski definition) is 7. The summed E-state index contributed by atoms with van der Waals surface area (Å²) in [6, 6.07) is 37.0. The number of aromatic amines is 3. The second kappa shape index (κ2) is 32.2. The van der Waals surface area contributed by atoms with Crippen LogP contribution in [0.3, 0.4) is 0 Å². The number of rotatable bonds is 14. The Kier molecular flexibility index (Phi) is 22.8. The molecule has 0 saturated heterocycles. The molecule has 0 unspecified atom stereocenters. The molecule has 2 amide bonds. The summed E-state index contributed by atoms with van der Waals surface area (Å²) >= 11 is 36.1. The molecule has 0 fully saturated rings. The van der Waals surface area contributed by atoms with Crippen LogP contribution in [0, 0.1) is 51.4 Å². The van der Waals surface area contributed by atoms with E-state index in [1.54, 1.807) is 67.5 Å². The Hall–Kier alpha value is -11.5. The van der Waals surface area contributed by atoms with Gasteiger partial charge in [0.2, 0.25) is 0 Å². The molecule has 9 aromatic heterocycles. The van der Waals surface area contributed by atoms with Crippen molar-refractivity contribution in [3.05, 3.63) is 280 Å². The predicted octanol–water partition coefficient (Wildman–Crippen LogP) is 16.0. The molecule has 0 atom stereocenters. The molecule has 0 aliphatic rings. The Morgan fingerprint density at radius 2 is 0.788 bits per heavy atom. The Balaban J connectivity index is 0.000000146. The van der Waals surface area contributed by atoms with Crippen LogP contribution in [0.1, 0.15) is 81.5 Å². The van der Waals surface area contributed by atoms with E-state index in [9.17, 15) is 38.1 Å². The fraction of sp³-hybridized carbons (Fsp3) is 0.0833. The lowest BCUT2D eigenvalue weighted by Gasteiger charge is -2.06. The van der Waals surface area contributed by atoms with E-state index in [0.717, 1.165) is 54.8 Å². The monoisotopic (exact) mass is 1530 g/mol. The van der Waals surface area contributed by atoms with E-state index < -0.39 is 29.4 Å². The maximum absolute atomic E-state index is 14.4. The minimum Gasteiger partial charge on any atom is -0.478 e. The number of halogens is 10. The minimum absolute atomic E-state index is 0. The first-order valence-corrected chi connectivity index (χ1v) is 32.8. The summed E-state index contributed by atoms with van der Waals surface area (Å²) in [4.78, 5) is 58.0. The molecule has 0 saturated carbocycles. The van der Waals surface area contributed by atoms with Crippen molar-refractivity contribution in [2.45, 2.75) is 39.3 Å². The normalized spacial score (nSPS) is 10.9. The minimum atomic E-state index is -1.17. The molecule has 22 nitrogen and oxygen atoms in total. The smallest absolute Gasteiger partial charge is 0.340 e. The predicted molar refractivity (Wildman–Crippen MR) is 393 cm³/mol. The van der Waals surface area contributed by atoms with Gasteiger partial charge in [-0.2, -0.15) is 31.1 Å². The van der Waals surface area contributed by atoms with Crippen LogP contribution < -0.4 is 16.4 Å². The number of carbonyl (C=O) groups is 3. The van der Waals surface area contributed by atoms with E-state index in [-0.39, 0.29) is 82.8 Å². The molecule has 0 radical (unpaired) electrons. The summed E-state index contributed by atoms with van der Waals surface area (Å²) in [6.07, 6.45) is 13.9. The van der Waals surface area contributed by atoms with Gasteiger partial charge >= 0.3 is 5.97 Å². The SMILES string of the molecule is Cl.N#Cc1nn(Cc2ccc3ncc(Cl)cc3c2)cc1C(=O)NCc1cc2c(Cl)c[nH]c2cc1F.N#Cc1nn(Cc2ccc3ncc(Cl)cc3c2)cc1C(=O)NCc1cc2c(Cl)c[nH]c2cc1F.N#Cc1nn(Cc2ccc3ncc(Cl)cc3c2)cc1C(=O)O.NCc1cc2c(Cl)c[nH]c2cc1F. The van der Waals surface area contributed by atoms with E-state index in [1.165, 1.54) is 50.8 Å². The molecule has 6 aromatic carbocycles. The number of pyridine rings is 3. The zero-order chi connectivity index (χ0) is 72.8. The Bertz CT molecular complexity index is 5750. The van der Waals surface area contributed by atoms with Crippen LogP contribution in [0.5, 0.6) is 0 Å². The lowest BCUT2D eigenvalue weighted by Crippen LogP contribution is -2.23. The van der Waals surface area contributed by atoms with Crippen LogP contribution in [-0.2, 0) is 39.3 Å². The molecule has 8 N–H and O–H groups in total. The summed E-state index contributed by atoms with van der Waals surface area (Å²) in [6.45, 7) is 1.06. The van der Waals surface area contributed by atoms with Crippen LogP contribution in [0.25, 0.3) is 65.4 Å². The molecular formula is C72H48Cl7F3N18O4. The third-order valence-corrected chi connectivity index (χ3v) is 17.5. The number of H-pyrrole nitrogens is 3. The summed E-state index contributed by atoms with van der Waals surface area (Å²) in [5, 5.41) is 62.5. The number of carbonyl (C=O) groups excluding carboxylic acids is 2. The average Bonchev–Trinajstić information content (AvgIpc) is 1.33. The van der Waals surface area contributed by atoms with Gasteiger partial charge in [-0.05, 0) is 108 Å².